The molecule has 1 aromatic heterocycles. The lowest BCUT2D eigenvalue weighted by Gasteiger charge is -2.18. The van der Waals surface area contributed by atoms with E-state index in [1.54, 1.807) is 0 Å². The first kappa shape index (κ1) is 16.7. The van der Waals surface area contributed by atoms with Crippen LogP contribution < -0.4 is 5.32 Å². The SMILES string of the molecule is CCCCCC(NCCC)c1ccc(C(C)(C)C)s1. The molecule has 0 radical (unpaired) electrons. The van der Waals surface area contributed by atoms with Gasteiger partial charge in [0.05, 0.1) is 0 Å². The van der Waals surface area contributed by atoms with Crippen LogP contribution in [0.5, 0.6) is 0 Å². The van der Waals surface area contributed by atoms with E-state index in [0.717, 1.165) is 6.54 Å². The average Bonchev–Trinajstić information content (AvgIpc) is 2.83. The fraction of sp³-hybridized carbons (Fsp3) is 0.765. The number of hydrogen-bond acceptors (Lipinski definition) is 2. The van der Waals surface area contributed by atoms with Gasteiger partial charge in [0.15, 0.2) is 0 Å². The van der Waals surface area contributed by atoms with Crippen LogP contribution in [0.2, 0.25) is 0 Å². The lowest BCUT2D eigenvalue weighted by atomic mass is 9.95. The molecule has 0 aliphatic carbocycles. The van der Waals surface area contributed by atoms with Crippen molar-refractivity contribution in [2.24, 2.45) is 0 Å². The van der Waals surface area contributed by atoms with Crippen LogP contribution in [-0.4, -0.2) is 6.54 Å². The Morgan fingerprint density at radius 1 is 1.11 bits per heavy atom. The lowest BCUT2D eigenvalue weighted by Crippen LogP contribution is -2.21. The predicted octanol–water partition coefficient (Wildman–Crippen LogP) is 5.67. The van der Waals surface area contributed by atoms with E-state index in [9.17, 15) is 0 Å². The van der Waals surface area contributed by atoms with Gasteiger partial charge in [-0.25, -0.2) is 0 Å². The van der Waals surface area contributed by atoms with Crippen LogP contribution in [0.15, 0.2) is 12.1 Å². The summed E-state index contributed by atoms with van der Waals surface area (Å²) in [7, 11) is 0. The Morgan fingerprint density at radius 2 is 1.84 bits per heavy atom. The van der Waals surface area contributed by atoms with Gasteiger partial charge in [-0.3, -0.25) is 0 Å². The van der Waals surface area contributed by atoms with Crippen LogP contribution in [0.25, 0.3) is 0 Å². The molecule has 1 atom stereocenters. The first-order chi connectivity index (χ1) is 8.99. The molecule has 1 rings (SSSR count). The van der Waals surface area contributed by atoms with E-state index in [0.29, 0.717) is 6.04 Å². The minimum Gasteiger partial charge on any atom is -0.309 e. The second-order valence-electron chi connectivity index (χ2n) is 6.45. The Balaban J connectivity index is 2.70. The van der Waals surface area contributed by atoms with E-state index in [4.69, 9.17) is 0 Å². The van der Waals surface area contributed by atoms with Crippen molar-refractivity contribution in [3.63, 3.8) is 0 Å². The van der Waals surface area contributed by atoms with E-state index >= 15 is 0 Å². The van der Waals surface area contributed by atoms with Crippen LogP contribution in [-0.2, 0) is 5.41 Å². The number of thiophene rings is 1. The van der Waals surface area contributed by atoms with Crippen molar-refractivity contribution in [2.75, 3.05) is 6.54 Å². The maximum atomic E-state index is 3.72. The third kappa shape index (κ3) is 5.66. The van der Waals surface area contributed by atoms with Crippen molar-refractivity contribution in [3.05, 3.63) is 21.9 Å². The Labute approximate surface area is 123 Å². The highest BCUT2D eigenvalue weighted by Gasteiger charge is 2.19. The molecule has 2 heteroatoms. The van der Waals surface area contributed by atoms with Crippen LogP contribution in [0.3, 0.4) is 0 Å². The molecule has 0 aliphatic heterocycles. The van der Waals surface area contributed by atoms with Gasteiger partial charge in [0, 0.05) is 15.8 Å². The highest BCUT2D eigenvalue weighted by atomic mass is 32.1. The lowest BCUT2D eigenvalue weighted by molar-refractivity contribution is 0.480. The van der Waals surface area contributed by atoms with Gasteiger partial charge in [0.2, 0.25) is 0 Å². The fourth-order valence-corrected chi connectivity index (χ4v) is 3.38. The van der Waals surface area contributed by atoms with Gasteiger partial charge in [0.1, 0.15) is 0 Å². The van der Waals surface area contributed by atoms with Crippen LogP contribution in [0.1, 0.15) is 82.5 Å². The molecule has 0 aliphatic rings. The molecular formula is C17H31NS. The molecule has 1 aromatic rings. The normalized spacial score (nSPS) is 13.7. The smallest absolute Gasteiger partial charge is 0.0414 e. The van der Waals surface area contributed by atoms with Gasteiger partial charge in [0.25, 0.3) is 0 Å². The molecule has 19 heavy (non-hydrogen) atoms. The second kappa shape index (κ2) is 8.06. The molecule has 1 nitrogen and oxygen atoms in total. The molecule has 1 N–H and O–H groups in total. The molecule has 0 amide bonds. The van der Waals surface area contributed by atoms with E-state index in [1.807, 2.05) is 11.3 Å². The molecule has 110 valence electrons. The van der Waals surface area contributed by atoms with E-state index in [1.165, 1.54) is 41.9 Å². The molecule has 1 unspecified atom stereocenters. The Morgan fingerprint density at radius 3 is 2.37 bits per heavy atom. The molecule has 0 saturated carbocycles. The zero-order valence-corrected chi connectivity index (χ0v) is 14.2. The summed E-state index contributed by atoms with van der Waals surface area (Å²) in [5, 5.41) is 3.72. The summed E-state index contributed by atoms with van der Waals surface area (Å²) in [5.41, 5.74) is 0.279. The monoisotopic (exact) mass is 281 g/mol. The largest absolute Gasteiger partial charge is 0.309 e. The van der Waals surface area contributed by atoms with Crippen molar-refractivity contribution in [1.82, 2.24) is 5.32 Å². The standard InChI is InChI=1S/C17H31NS/c1-6-8-9-10-14(18-13-7-2)15-11-12-16(19-15)17(3,4)5/h11-12,14,18H,6-10,13H2,1-5H3. The summed E-state index contributed by atoms with van der Waals surface area (Å²) in [6.07, 6.45) is 6.47. The minimum atomic E-state index is 0.279. The van der Waals surface area contributed by atoms with E-state index in [2.05, 4.69) is 52.1 Å². The average molecular weight is 282 g/mol. The zero-order chi connectivity index (χ0) is 14.3. The first-order valence-corrected chi connectivity index (χ1v) is 8.64. The summed E-state index contributed by atoms with van der Waals surface area (Å²) in [6.45, 7) is 12.5. The maximum absolute atomic E-state index is 3.72. The highest BCUT2D eigenvalue weighted by Crippen LogP contribution is 2.33. The number of nitrogens with one attached hydrogen (secondary N) is 1. The summed E-state index contributed by atoms with van der Waals surface area (Å²) < 4.78 is 0. The predicted molar refractivity (Wildman–Crippen MR) is 88.2 cm³/mol. The van der Waals surface area contributed by atoms with Gasteiger partial charge >= 0.3 is 0 Å². The summed E-state index contributed by atoms with van der Waals surface area (Å²) >= 11 is 1.99. The molecule has 0 spiro atoms. The molecule has 1 heterocycles. The van der Waals surface area contributed by atoms with Gasteiger partial charge in [-0.15, -0.1) is 11.3 Å². The van der Waals surface area contributed by atoms with Crippen molar-refractivity contribution in [1.29, 1.82) is 0 Å². The number of rotatable bonds is 8. The Hall–Kier alpha value is -0.340. The third-order valence-electron chi connectivity index (χ3n) is 3.45. The zero-order valence-electron chi connectivity index (χ0n) is 13.4. The molecule has 0 fully saturated rings. The topological polar surface area (TPSA) is 12.0 Å². The van der Waals surface area contributed by atoms with E-state index in [-0.39, 0.29) is 5.41 Å². The van der Waals surface area contributed by atoms with Crippen LogP contribution in [0.4, 0.5) is 0 Å². The molecule has 0 saturated heterocycles. The van der Waals surface area contributed by atoms with Crippen molar-refractivity contribution in [2.45, 2.75) is 78.2 Å². The minimum absolute atomic E-state index is 0.279. The summed E-state index contributed by atoms with van der Waals surface area (Å²) in [6, 6.07) is 5.22. The fourth-order valence-electron chi connectivity index (χ4n) is 2.21. The third-order valence-corrected chi connectivity index (χ3v) is 5.07. The van der Waals surface area contributed by atoms with Crippen molar-refractivity contribution in [3.8, 4) is 0 Å². The Bertz CT molecular complexity index is 348. The van der Waals surface area contributed by atoms with E-state index < -0.39 is 0 Å². The maximum Gasteiger partial charge on any atom is 0.0414 e. The van der Waals surface area contributed by atoms with Crippen molar-refractivity contribution < 1.29 is 0 Å². The summed E-state index contributed by atoms with van der Waals surface area (Å²) in [5.74, 6) is 0. The quantitative estimate of drug-likeness (QED) is 0.606. The van der Waals surface area contributed by atoms with Gasteiger partial charge < -0.3 is 5.32 Å². The van der Waals surface area contributed by atoms with Crippen LogP contribution in [0, 0.1) is 0 Å². The van der Waals surface area contributed by atoms with Gasteiger partial charge in [-0.2, -0.15) is 0 Å². The summed E-state index contributed by atoms with van der Waals surface area (Å²) in [4.78, 5) is 3.02. The van der Waals surface area contributed by atoms with Gasteiger partial charge in [-0.1, -0.05) is 53.9 Å². The van der Waals surface area contributed by atoms with Gasteiger partial charge in [-0.05, 0) is 36.9 Å². The Kier molecular flexibility index (Phi) is 7.09. The van der Waals surface area contributed by atoms with Crippen LogP contribution >= 0.6 is 11.3 Å². The first-order valence-electron chi connectivity index (χ1n) is 7.82. The molecule has 0 aromatic carbocycles. The highest BCUT2D eigenvalue weighted by molar-refractivity contribution is 7.12. The number of hydrogen-bond donors (Lipinski definition) is 1. The number of unbranched alkanes of at least 4 members (excludes halogenated alkanes) is 2. The molecular weight excluding hydrogens is 250 g/mol. The van der Waals surface area contributed by atoms with Crippen molar-refractivity contribution >= 4 is 11.3 Å². The molecule has 0 bridgehead atoms. The second-order valence-corrected chi connectivity index (χ2v) is 7.57.